The number of carbonyl (C=O) groups excluding carboxylic acids is 1. The number of methoxy groups -OCH3 is 1. The van der Waals surface area contributed by atoms with Gasteiger partial charge in [-0.05, 0) is 25.7 Å². The molecule has 0 bridgehead atoms. The van der Waals surface area contributed by atoms with Crippen molar-refractivity contribution >= 4 is 5.91 Å². The Bertz CT molecular complexity index is 369. The van der Waals surface area contributed by atoms with Crippen molar-refractivity contribution in [2.24, 2.45) is 11.8 Å². The number of hydrogen-bond donors (Lipinski definition) is 0. The van der Waals surface area contributed by atoms with Gasteiger partial charge in [-0.15, -0.1) is 12.3 Å². The van der Waals surface area contributed by atoms with Gasteiger partial charge < -0.3 is 9.64 Å². The van der Waals surface area contributed by atoms with E-state index >= 15 is 0 Å². The van der Waals surface area contributed by atoms with E-state index in [1.807, 2.05) is 4.90 Å². The van der Waals surface area contributed by atoms with Crippen molar-refractivity contribution < 1.29 is 9.53 Å². The Morgan fingerprint density at radius 1 is 1.44 bits per heavy atom. The Morgan fingerprint density at radius 2 is 2.22 bits per heavy atom. The van der Waals surface area contributed by atoms with Gasteiger partial charge in [0.15, 0.2) is 0 Å². The van der Waals surface area contributed by atoms with Gasteiger partial charge in [0, 0.05) is 31.9 Å². The van der Waals surface area contributed by atoms with Crippen LogP contribution in [-0.4, -0.2) is 30.7 Å². The Kier molecular flexibility index (Phi) is 4.43. The van der Waals surface area contributed by atoms with Crippen molar-refractivity contribution in [3.63, 3.8) is 0 Å². The zero-order valence-corrected chi connectivity index (χ0v) is 11.0. The van der Waals surface area contributed by atoms with Crippen LogP contribution in [0.5, 0.6) is 0 Å². The molecule has 0 aromatic heterocycles. The number of terminal acetylenes is 1. The van der Waals surface area contributed by atoms with E-state index in [0.717, 1.165) is 38.6 Å². The molecule has 3 nitrogen and oxygen atoms in total. The van der Waals surface area contributed by atoms with Crippen LogP contribution in [0.1, 0.15) is 32.1 Å². The van der Waals surface area contributed by atoms with E-state index < -0.39 is 0 Å². The SMILES string of the molecule is C#CCCCCN1C(=O)[C@@H]2CC=CC[C@@H]2C1OC. The van der Waals surface area contributed by atoms with Crippen LogP contribution in [0.3, 0.4) is 0 Å². The highest BCUT2D eigenvalue weighted by atomic mass is 16.5. The topological polar surface area (TPSA) is 29.5 Å². The van der Waals surface area contributed by atoms with Gasteiger partial charge in [-0.1, -0.05) is 12.2 Å². The molecule has 3 atom stereocenters. The lowest BCUT2D eigenvalue weighted by atomic mass is 9.85. The molecule has 1 saturated heterocycles. The first-order valence-electron chi connectivity index (χ1n) is 6.71. The van der Waals surface area contributed by atoms with Crippen molar-refractivity contribution in [1.82, 2.24) is 4.90 Å². The van der Waals surface area contributed by atoms with Crippen molar-refractivity contribution in [3.05, 3.63) is 12.2 Å². The number of ether oxygens (including phenoxy) is 1. The maximum Gasteiger partial charge on any atom is 0.228 e. The fourth-order valence-electron chi connectivity index (χ4n) is 3.05. The summed E-state index contributed by atoms with van der Waals surface area (Å²) in [5.41, 5.74) is 0. The summed E-state index contributed by atoms with van der Waals surface area (Å²) in [6, 6.07) is 0. The highest BCUT2D eigenvalue weighted by molar-refractivity contribution is 5.82. The molecule has 1 amide bonds. The van der Waals surface area contributed by atoms with Crippen LogP contribution in [0.4, 0.5) is 0 Å². The summed E-state index contributed by atoms with van der Waals surface area (Å²) >= 11 is 0. The summed E-state index contributed by atoms with van der Waals surface area (Å²) in [5, 5.41) is 0. The third-order valence-corrected chi connectivity index (χ3v) is 3.97. The molecule has 1 unspecified atom stereocenters. The largest absolute Gasteiger partial charge is 0.361 e. The van der Waals surface area contributed by atoms with Crippen LogP contribution in [0.15, 0.2) is 12.2 Å². The third kappa shape index (κ3) is 2.44. The molecule has 0 aromatic rings. The van der Waals surface area contributed by atoms with Gasteiger partial charge in [0.25, 0.3) is 0 Å². The first-order valence-corrected chi connectivity index (χ1v) is 6.71. The molecule has 0 spiro atoms. The molecule has 1 aliphatic carbocycles. The quantitative estimate of drug-likeness (QED) is 0.423. The summed E-state index contributed by atoms with van der Waals surface area (Å²) in [7, 11) is 1.70. The smallest absolute Gasteiger partial charge is 0.228 e. The van der Waals surface area contributed by atoms with Gasteiger partial charge in [0.1, 0.15) is 6.23 Å². The molecule has 3 heteroatoms. The second kappa shape index (κ2) is 6.06. The maximum absolute atomic E-state index is 12.3. The van der Waals surface area contributed by atoms with Gasteiger partial charge in [-0.2, -0.15) is 0 Å². The van der Waals surface area contributed by atoms with Crippen LogP contribution in [-0.2, 0) is 9.53 Å². The standard InChI is InChI=1S/C15H21NO2/c1-3-4-5-8-11-16-14(17)12-9-6-7-10-13(12)15(16)18-2/h1,6-7,12-13,15H,4-5,8-11H2,2H3/t12-,13+,15?/m1/s1. The molecular weight excluding hydrogens is 226 g/mol. The normalized spacial score (nSPS) is 30.3. The van der Waals surface area contributed by atoms with E-state index in [1.165, 1.54) is 0 Å². The Balaban J connectivity index is 1.97. The van der Waals surface area contributed by atoms with Crippen molar-refractivity contribution in [1.29, 1.82) is 0 Å². The molecule has 0 radical (unpaired) electrons. The molecule has 1 aliphatic heterocycles. The van der Waals surface area contributed by atoms with Crippen LogP contribution in [0.2, 0.25) is 0 Å². The van der Waals surface area contributed by atoms with E-state index in [-0.39, 0.29) is 18.1 Å². The summed E-state index contributed by atoms with van der Waals surface area (Å²) < 4.78 is 5.55. The average molecular weight is 247 g/mol. The van der Waals surface area contributed by atoms with Gasteiger partial charge in [-0.3, -0.25) is 4.79 Å². The van der Waals surface area contributed by atoms with Crippen molar-refractivity contribution in [2.45, 2.75) is 38.3 Å². The van der Waals surface area contributed by atoms with E-state index in [1.54, 1.807) is 7.11 Å². The number of hydrogen-bond acceptors (Lipinski definition) is 2. The molecule has 2 rings (SSSR count). The number of allylic oxidation sites excluding steroid dienone is 2. The Labute approximate surface area is 109 Å². The second-order valence-electron chi connectivity index (χ2n) is 5.03. The lowest BCUT2D eigenvalue weighted by Gasteiger charge is -2.27. The fourth-order valence-corrected chi connectivity index (χ4v) is 3.05. The average Bonchev–Trinajstić information content (AvgIpc) is 2.68. The molecule has 1 heterocycles. The number of likely N-dealkylation sites (tertiary alicyclic amines) is 1. The second-order valence-corrected chi connectivity index (χ2v) is 5.03. The highest BCUT2D eigenvalue weighted by Crippen LogP contribution is 2.39. The van der Waals surface area contributed by atoms with E-state index in [9.17, 15) is 4.79 Å². The number of amides is 1. The molecule has 0 saturated carbocycles. The minimum absolute atomic E-state index is 0.0433. The fraction of sp³-hybridized carbons (Fsp3) is 0.667. The van der Waals surface area contributed by atoms with Crippen LogP contribution in [0, 0.1) is 24.2 Å². The molecular formula is C15H21NO2. The Hall–Kier alpha value is -1.27. The number of unbranched alkanes of at least 4 members (excludes halogenated alkanes) is 2. The van der Waals surface area contributed by atoms with Crippen LogP contribution < -0.4 is 0 Å². The summed E-state index contributed by atoms with van der Waals surface area (Å²) in [5.74, 6) is 3.36. The summed E-state index contributed by atoms with van der Waals surface area (Å²) in [4.78, 5) is 14.3. The van der Waals surface area contributed by atoms with Gasteiger partial charge in [0.05, 0.1) is 0 Å². The van der Waals surface area contributed by atoms with Gasteiger partial charge >= 0.3 is 0 Å². The monoisotopic (exact) mass is 247 g/mol. The highest BCUT2D eigenvalue weighted by Gasteiger charge is 2.47. The molecule has 98 valence electrons. The third-order valence-electron chi connectivity index (χ3n) is 3.97. The first-order chi connectivity index (χ1) is 8.79. The van der Waals surface area contributed by atoms with E-state index in [2.05, 4.69) is 18.1 Å². The predicted molar refractivity (Wildman–Crippen MR) is 70.5 cm³/mol. The van der Waals surface area contributed by atoms with Gasteiger partial charge in [0.2, 0.25) is 5.91 Å². The van der Waals surface area contributed by atoms with E-state index in [4.69, 9.17) is 11.2 Å². The van der Waals surface area contributed by atoms with Gasteiger partial charge in [-0.25, -0.2) is 0 Å². The maximum atomic E-state index is 12.3. The zero-order chi connectivity index (χ0) is 13.0. The predicted octanol–water partition coefficient (Wildman–Crippen LogP) is 2.19. The van der Waals surface area contributed by atoms with Crippen molar-refractivity contribution in [2.75, 3.05) is 13.7 Å². The molecule has 1 fully saturated rings. The molecule has 0 aromatic carbocycles. The number of rotatable bonds is 5. The number of carbonyl (C=O) groups is 1. The number of nitrogens with zero attached hydrogens (tertiary/aromatic N) is 1. The molecule has 0 N–H and O–H groups in total. The first kappa shape index (κ1) is 13.2. The lowest BCUT2D eigenvalue weighted by molar-refractivity contribution is -0.137. The molecule has 18 heavy (non-hydrogen) atoms. The summed E-state index contributed by atoms with van der Waals surface area (Å²) in [6.45, 7) is 0.770. The van der Waals surface area contributed by atoms with Crippen molar-refractivity contribution in [3.8, 4) is 12.3 Å². The minimum Gasteiger partial charge on any atom is -0.361 e. The zero-order valence-electron chi connectivity index (χ0n) is 11.0. The Morgan fingerprint density at radius 3 is 2.94 bits per heavy atom. The summed E-state index contributed by atoms with van der Waals surface area (Å²) in [6.07, 6.45) is 14.0. The van der Waals surface area contributed by atoms with Crippen LogP contribution >= 0.6 is 0 Å². The lowest BCUT2D eigenvalue weighted by Crippen LogP contribution is -2.37. The molecule has 2 aliphatic rings. The minimum atomic E-state index is -0.0433. The van der Waals surface area contributed by atoms with Crippen LogP contribution in [0.25, 0.3) is 0 Å². The number of fused-ring (bicyclic) bond motifs is 1. The van der Waals surface area contributed by atoms with E-state index in [0.29, 0.717) is 5.92 Å².